The first-order chi connectivity index (χ1) is 14.5. The summed E-state index contributed by atoms with van der Waals surface area (Å²) in [6.45, 7) is 0.635. The number of imide groups is 1. The van der Waals surface area contributed by atoms with Crippen LogP contribution in [-0.4, -0.2) is 34.3 Å². The zero-order valence-electron chi connectivity index (χ0n) is 16.1. The van der Waals surface area contributed by atoms with Crippen molar-refractivity contribution in [3.8, 4) is 0 Å². The Labute approximate surface area is 180 Å². The molecule has 4 rings (SSSR count). The van der Waals surface area contributed by atoms with Crippen molar-refractivity contribution in [1.82, 2.24) is 4.57 Å². The zero-order valence-corrected chi connectivity index (χ0v) is 17.8. The number of aromatic nitrogens is 1. The summed E-state index contributed by atoms with van der Waals surface area (Å²) in [6, 6.07) is 10.9. The Balaban J connectivity index is 1.74. The molecule has 2 aromatic carbocycles. The summed E-state index contributed by atoms with van der Waals surface area (Å²) in [5.74, 6) is -0.558. The molecule has 1 aliphatic heterocycles. The van der Waals surface area contributed by atoms with Gasteiger partial charge in [-0.2, -0.15) is 16.8 Å². The number of halogens is 1. The Morgan fingerprint density at radius 3 is 2.67 bits per heavy atom. The van der Waals surface area contributed by atoms with E-state index in [2.05, 4.69) is 4.99 Å². The molecule has 0 saturated carbocycles. The van der Waals surface area contributed by atoms with E-state index in [1.807, 2.05) is 10.8 Å². The van der Waals surface area contributed by atoms with E-state index in [4.69, 9.17) is 0 Å². The molecule has 0 N–H and O–H groups in total. The van der Waals surface area contributed by atoms with Crippen molar-refractivity contribution in [3.63, 3.8) is 0 Å². The van der Waals surface area contributed by atoms with Gasteiger partial charge in [0.1, 0.15) is 5.82 Å². The van der Waals surface area contributed by atoms with E-state index >= 15 is 0 Å². The van der Waals surface area contributed by atoms with Crippen LogP contribution in [0.1, 0.15) is 23.2 Å². The lowest BCUT2D eigenvalue weighted by atomic mass is 10.2. The number of carbonyl (C=O) groups excluding carboxylic acids is 3. The predicted molar refractivity (Wildman–Crippen MR) is 116 cm³/mol. The molecule has 0 bridgehead atoms. The maximum Gasteiger partial charge on any atom is 0.279 e. The molecule has 3 amide bonds. The summed E-state index contributed by atoms with van der Waals surface area (Å²) in [4.78, 5) is 42.7. The van der Waals surface area contributed by atoms with Gasteiger partial charge in [0.25, 0.3) is 5.91 Å². The highest BCUT2D eigenvalue weighted by molar-refractivity contribution is 7.98. The lowest BCUT2D eigenvalue weighted by molar-refractivity contribution is -0.121. The van der Waals surface area contributed by atoms with E-state index in [-0.39, 0.29) is 36.0 Å². The van der Waals surface area contributed by atoms with Crippen molar-refractivity contribution in [2.75, 3.05) is 16.9 Å². The van der Waals surface area contributed by atoms with Crippen LogP contribution in [0.3, 0.4) is 0 Å². The monoisotopic (exact) mass is 443 g/mol. The number of thioether (sulfide) groups is 1. The highest BCUT2D eigenvalue weighted by Crippen LogP contribution is 2.24. The molecule has 1 aliphatic rings. The number of rotatable bonds is 5. The smallest absolute Gasteiger partial charge is 0.279 e. The van der Waals surface area contributed by atoms with Crippen LogP contribution in [0.5, 0.6) is 0 Å². The van der Waals surface area contributed by atoms with Crippen molar-refractivity contribution >= 4 is 56.7 Å². The molecule has 1 aromatic heterocycles. The fraction of sp³-hybridized carbons (Fsp3) is 0.238. The molecule has 6 nitrogen and oxygen atoms in total. The summed E-state index contributed by atoms with van der Waals surface area (Å²) in [6.07, 6.45) is 2.34. The van der Waals surface area contributed by atoms with Crippen LogP contribution in [0.15, 0.2) is 47.5 Å². The van der Waals surface area contributed by atoms with Gasteiger partial charge in [-0.1, -0.05) is 17.4 Å². The summed E-state index contributed by atoms with van der Waals surface area (Å²) in [5.41, 5.74) is 1.47. The quantitative estimate of drug-likeness (QED) is 0.565. The maximum absolute atomic E-state index is 13.6. The Kier molecular flexibility index (Phi) is 5.83. The Morgan fingerprint density at radius 1 is 1.17 bits per heavy atom. The molecule has 0 radical (unpaired) electrons. The number of anilines is 1. The van der Waals surface area contributed by atoms with Gasteiger partial charge in [-0.05, 0) is 42.7 Å². The maximum atomic E-state index is 13.6. The topological polar surface area (TPSA) is 71.7 Å². The van der Waals surface area contributed by atoms with E-state index in [1.54, 1.807) is 36.0 Å². The molecule has 0 spiro atoms. The second kappa shape index (κ2) is 8.53. The first-order valence-corrected chi connectivity index (χ1v) is 11.5. The van der Waals surface area contributed by atoms with Crippen molar-refractivity contribution in [2.45, 2.75) is 19.4 Å². The minimum atomic E-state index is -0.485. The number of carbonyl (C=O) groups is 3. The first kappa shape index (κ1) is 20.5. The zero-order chi connectivity index (χ0) is 21.3. The number of amides is 3. The van der Waals surface area contributed by atoms with E-state index in [9.17, 15) is 18.8 Å². The molecule has 30 heavy (non-hydrogen) atoms. The molecule has 1 fully saturated rings. The number of hydrogen-bond acceptors (Lipinski definition) is 5. The summed E-state index contributed by atoms with van der Waals surface area (Å²) in [5, 5.41) is 0. The molecule has 0 aliphatic carbocycles. The third kappa shape index (κ3) is 3.95. The number of fused-ring (bicyclic) bond motifs is 1. The Bertz CT molecular complexity index is 1220. The molecular formula is C21H18FN3O3S2. The second-order valence-electron chi connectivity index (χ2n) is 6.73. The van der Waals surface area contributed by atoms with E-state index < -0.39 is 5.91 Å². The van der Waals surface area contributed by atoms with Gasteiger partial charge in [0.05, 0.1) is 15.9 Å². The molecule has 0 unspecified atom stereocenters. The minimum absolute atomic E-state index is 0.176. The van der Waals surface area contributed by atoms with Crippen LogP contribution in [-0.2, 0) is 16.1 Å². The average Bonchev–Trinajstić information content (AvgIpc) is 3.24. The molecule has 2 heterocycles. The molecule has 3 aromatic rings. The van der Waals surface area contributed by atoms with Gasteiger partial charge in [-0.3, -0.25) is 19.3 Å². The van der Waals surface area contributed by atoms with Crippen LogP contribution in [0.25, 0.3) is 10.2 Å². The van der Waals surface area contributed by atoms with Crippen molar-refractivity contribution < 1.29 is 18.8 Å². The second-order valence-corrected chi connectivity index (χ2v) is 8.73. The van der Waals surface area contributed by atoms with Crippen LogP contribution in [0.2, 0.25) is 0 Å². The molecule has 1 saturated heterocycles. The number of nitrogens with zero attached hydrogens (tertiary/aromatic N) is 3. The molecule has 0 atom stereocenters. The number of hydrogen-bond donors (Lipinski definition) is 0. The summed E-state index contributed by atoms with van der Waals surface area (Å²) in [7, 11) is 0. The fourth-order valence-corrected chi connectivity index (χ4v) is 4.77. The lowest BCUT2D eigenvalue weighted by Gasteiger charge is -2.14. The van der Waals surface area contributed by atoms with Gasteiger partial charge in [-0.25, -0.2) is 4.39 Å². The van der Waals surface area contributed by atoms with Gasteiger partial charge < -0.3 is 4.57 Å². The summed E-state index contributed by atoms with van der Waals surface area (Å²) < 4.78 is 16.3. The normalized spacial score (nSPS) is 14.9. The third-order valence-electron chi connectivity index (χ3n) is 4.76. The standard InChI is InChI=1S/C21H18FN3O3S2/c1-29-10-9-24-16-6-5-14(22)12-17(16)30-21(24)23-20(28)13-3-2-4-15(11-13)25-18(26)7-8-19(25)27/h2-6,11-12H,7-10H2,1H3. The van der Waals surface area contributed by atoms with E-state index in [0.717, 1.165) is 16.2 Å². The molecule has 154 valence electrons. The van der Waals surface area contributed by atoms with Crippen LogP contribution in [0.4, 0.5) is 10.1 Å². The van der Waals surface area contributed by atoms with Gasteiger partial charge in [0.2, 0.25) is 11.8 Å². The van der Waals surface area contributed by atoms with Crippen LogP contribution < -0.4 is 9.70 Å². The average molecular weight is 444 g/mol. The van der Waals surface area contributed by atoms with Crippen molar-refractivity contribution in [3.05, 3.63) is 58.6 Å². The SMILES string of the molecule is CSCCn1c(=NC(=O)c2cccc(N3C(=O)CCC3=O)c2)sc2cc(F)ccc21. The largest absolute Gasteiger partial charge is 0.316 e. The van der Waals surface area contributed by atoms with Crippen molar-refractivity contribution in [2.24, 2.45) is 4.99 Å². The molecule has 9 heteroatoms. The number of benzene rings is 2. The summed E-state index contributed by atoms with van der Waals surface area (Å²) >= 11 is 2.92. The van der Waals surface area contributed by atoms with Gasteiger partial charge in [-0.15, -0.1) is 0 Å². The third-order valence-corrected chi connectivity index (χ3v) is 6.40. The highest BCUT2D eigenvalue weighted by atomic mass is 32.2. The fourth-order valence-electron chi connectivity index (χ4n) is 3.33. The van der Waals surface area contributed by atoms with E-state index in [0.29, 0.717) is 21.7 Å². The van der Waals surface area contributed by atoms with Crippen molar-refractivity contribution in [1.29, 1.82) is 0 Å². The van der Waals surface area contributed by atoms with Gasteiger partial charge >= 0.3 is 0 Å². The highest BCUT2D eigenvalue weighted by Gasteiger charge is 2.30. The van der Waals surface area contributed by atoms with E-state index in [1.165, 1.54) is 29.5 Å². The predicted octanol–water partition coefficient (Wildman–Crippen LogP) is 3.60. The first-order valence-electron chi connectivity index (χ1n) is 9.30. The van der Waals surface area contributed by atoms with Gasteiger partial charge in [0, 0.05) is 30.7 Å². The minimum Gasteiger partial charge on any atom is -0.316 e. The molecular weight excluding hydrogens is 425 g/mol. The number of aryl methyl sites for hydroxylation is 1. The number of thiazole rings is 1. The lowest BCUT2D eigenvalue weighted by Crippen LogP contribution is -2.28. The van der Waals surface area contributed by atoms with Gasteiger partial charge in [0.15, 0.2) is 4.80 Å². The van der Waals surface area contributed by atoms with Crippen LogP contribution >= 0.6 is 23.1 Å². The Hall–Kier alpha value is -2.78. The Morgan fingerprint density at radius 2 is 1.93 bits per heavy atom. The van der Waals surface area contributed by atoms with Crippen LogP contribution in [0, 0.1) is 5.82 Å².